The number of halogens is 2. The second-order valence-corrected chi connectivity index (χ2v) is 9.51. The molecule has 2 rings (SSSR count). The van der Waals surface area contributed by atoms with Gasteiger partial charge < -0.3 is 20.9 Å². The minimum atomic E-state index is 0.115. The first kappa shape index (κ1) is 25.5. The van der Waals surface area contributed by atoms with Gasteiger partial charge in [-0.3, -0.25) is 0 Å². The van der Waals surface area contributed by atoms with E-state index in [4.69, 9.17) is 20.9 Å². The number of nitrogens with two attached hydrogens (primary N) is 2. The number of aryl methyl sites for hydroxylation is 2. The van der Waals surface area contributed by atoms with E-state index in [1.165, 1.54) is 20.3 Å². The first-order valence-electron chi connectivity index (χ1n) is 9.26. The molecule has 156 valence electrons. The highest BCUT2D eigenvalue weighted by Gasteiger charge is 2.10. The van der Waals surface area contributed by atoms with Crippen molar-refractivity contribution in [1.82, 2.24) is 0 Å². The predicted octanol–water partition coefficient (Wildman–Crippen LogP) is 5.00. The Kier molecular flexibility index (Phi) is 11.1. The molecule has 0 bridgehead atoms. The summed E-state index contributed by atoms with van der Waals surface area (Å²) in [7, 11) is 3.34. The van der Waals surface area contributed by atoms with Crippen LogP contribution in [0.2, 0.25) is 0 Å². The van der Waals surface area contributed by atoms with Crippen LogP contribution in [-0.2, 0) is 12.8 Å². The van der Waals surface area contributed by atoms with Crippen molar-refractivity contribution in [3.63, 3.8) is 0 Å². The molecule has 0 aliphatic heterocycles. The predicted molar refractivity (Wildman–Crippen MR) is 136 cm³/mol. The Morgan fingerprint density at radius 2 is 1.29 bits per heavy atom. The SMILES string of the molecule is COc1cc(CC(C)N)c(OC)cc1I.Cc1cc(CC(C)N)c(C)cc1I. The minimum Gasteiger partial charge on any atom is -0.496 e. The van der Waals surface area contributed by atoms with Crippen molar-refractivity contribution >= 4 is 45.2 Å². The third kappa shape index (κ3) is 8.04. The molecule has 0 heterocycles. The van der Waals surface area contributed by atoms with Gasteiger partial charge in [0.05, 0.1) is 17.8 Å². The molecule has 6 heteroatoms. The lowest BCUT2D eigenvalue weighted by Gasteiger charge is -2.13. The van der Waals surface area contributed by atoms with Crippen LogP contribution in [0.5, 0.6) is 11.5 Å². The van der Waals surface area contributed by atoms with Crippen LogP contribution in [0, 0.1) is 21.0 Å². The Bertz CT molecular complexity index is 778. The highest BCUT2D eigenvalue weighted by molar-refractivity contribution is 14.1. The van der Waals surface area contributed by atoms with Gasteiger partial charge in [-0.15, -0.1) is 0 Å². The van der Waals surface area contributed by atoms with Crippen LogP contribution in [0.1, 0.15) is 36.1 Å². The van der Waals surface area contributed by atoms with Crippen LogP contribution in [0.3, 0.4) is 0 Å². The molecular formula is C22H32I2N2O2. The third-order valence-corrected chi connectivity index (χ3v) is 6.26. The van der Waals surface area contributed by atoms with Crippen LogP contribution in [-0.4, -0.2) is 26.3 Å². The quantitative estimate of drug-likeness (QED) is 0.453. The summed E-state index contributed by atoms with van der Waals surface area (Å²) in [6.45, 7) is 8.32. The fourth-order valence-corrected chi connectivity index (χ4v) is 4.12. The zero-order valence-electron chi connectivity index (χ0n) is 17.6. The molecule has 0 aromatic heterocycles. The summed E-state index contributed by atoms with van der Waals surface area (Å²) in [5, 5.41) is 0. The fraction of sp³-hybridized carbons (Fsp3) is 0.455. The molecule has 2 atom stereocenters. The van der Waals surface area contributed by atoms with Crippen molar-refractivity contribution in [2.45, 2.75) is 52.6 Å². The van der Waals surface area contributed by atoms with E-state index in [0.29, 0.717) is 0 Å². The van der Waals surface area contributed by atoms with Crippen molar-refractivity contribution in [2.24, 2.45) is 11.5 Å². The Labute approximate surface area is 197 Å². The Morgan fingerprint density at radius 3 is 1.79 bits per heavy atom. The largest absolute Gasteiger partial charge is 0.496 e. The van der Waals surface area contributed by atoms with Crippen LogP contribution in [0.25, 0.3) is 0 Å². The standard InChI is InChI=1S/C11H16INO2.C11H16IN/c1-7(13)4-8-5-11(15-3)9(12)6-10(8)14-2;1-7-5-11(12)8(2)4-10(7)6-9(3)13/h5-7H,4,13H2,1-3H3;4-5,9H,6,13H2,1-3H3. The molecule has 0 saturated heterocycles. The third-order valence-electron chi connectivity index (χ3n) is 4.26. The highest BCUT2D eigenvalue weighted by atomic mass is 127. The molecule has 0 spiro atoms. The normalized spacial score (nSPS) is 12.6. The first-order chi connectivity index (χ1) is 13.1. The number of ether oxygens (including phenoxy) is 2. The van der Waals surface area contributed by atoms with Crippen LogP contribution in [0.4, 0.5) is 0 Å². The number of hydrogen-bond donors (Lipinski definition) is 2. The van der Waals surface area contributed by atoms with E-state index in [1.54, 1.807) is 14.2 Å². The number of methoxy groups -OCH3 is 2. The molecule has 2 aromatic rings. The van der Waals surface area contributed by atoms with Gasteiger partial charge in [0.1, 0.15) is 11.5 Å². The van der Waals surface area contributed by atoms with Crippen LogP contribution >= 0.6 is 45.2 Å². The van der Waals surface area contributed by atoms with E-state index in [2.05, 4.69) is 71.2 Å². The second kappa shape index (κ2) is 12.2. The lowest BCUT2D eigenvalue weighted by Crippen LogP contribution is -2.18. The molecule has 0 amide bonds. The van der Waals surface area contributed by atoms with Gasteiger partial charge in [0.2, 0.25) is 0 Å². The number of rotatable bonds is 6. The molecular weight excluding hydrogens is 578 g/mol. The zero-order chi connectivity index (χ0) is 21.4. The summed E-state index contributed by atoms with van der Waals surface area (Å²) in [5.74, 6) is 1.74. The van der Waals surface area contributed by atoms with E-state index in [1.807, 2.05) is 26.0 Å². The van der Waals surface area contributed by atoms with E-state index >= 15 is 0 Å². The summed E-state index contributed by atoms with van der Waals surface area (Å²) in [5.41, 5.74) is 16.7. The van der Waals surface area contributed by atoms with Crippen molar-refractivity contribution < 1.29 is 9.47 Å². The summed E-state index contributed by atoms with van der Waals surface area (Å²) < 4.78 is 13.0. The molecule has 4 N–H and O–H groups in total. The Hall–Kier alpha value is -0.580. The molecule has 0 saturated carbocycles. The minimum absolute atomic E-state index is 0.115. The van der Waals surface area contributed by atoms with Gasteiger partial charge >= 0.3 is 0 Å². The molecule has 0 fully saturated rings. The molecule has 28 heavy (non-hydrogen) atoms. The summed E-state index contributed by atoms with van der Waals surface area (Å²) in [6, 6.07) is 8.80. The number of benzene rings is 2. The van der Waals surface area contributed by atoms with E-state index in [9.17, 15) is 0 Å². The fourth-order valence-electron chi connectivity index (χ4n) is 2.84. The maximum absolute atomic E-state index is 5.78. The maximum Gasteiger partial charge on any atom is 0.132 e. The average molecular weight is 610 g/mol. The lowest BCUT2D eigenvalue weighted by atomic mass is 10.0. The molecule has 0 aliphatic rings. The van der Waals surface area contributed by atoms with Gasteiger partial charge in [-0.05, 0) is 126 Å². The average Bonchev–Trinajstić information content (AvgIpc) is 2.60. The van der Waals surface area contributed by atoms with Gasteiger partial charge in [0, 0.05) is 15.7 Å². The molecule has 0 radical (unpaired) electrons. The van der Waals surface area contributed by atoms with E-state index in [-0.39, 0.29) is 12.1 Å². The Morgan fingerprint density at radius 1 is 0.750 bits per heavy atom. The lowest BCUT2D eigenvalue weighted by molar-refractivity contribution is 0.395. The molecule has 4 nitrogen and oxygen atoms in total. The van der Waals surface area contributed by atoms with E-state index < -0.39 is 0 Å². The monoisotopic (exact) mass is 610 g/mol. The van der Waals surface area contributed by atoms with Crippen molar-refractivity contribution in [1.29, 1.82) is 0 Å². The molecule has 2 aromatic carbocycles. The van der Waals surface area contributed by atoms with Gasteiger partial charge in [-0.1, -0.05) is 6.07 Å². The summed E-state index contributed by atoms with van der Waals surface area (Å²) in [6.07, 6.45) is 1.76. The van der Waals surface area contributed by atoms with Crippen molar-refractivity contribution in [3.8, 4) is 11.5 Å². The highest BCUT2D eigenvalue weighted by Crippen LogP contribution is 2.30. The zero-order valence-corrected chi connectivity index (χ0v) is 21.9. The van der Waals surface area contributed by atoms with Crippen LogP contribution in [0.15, 0.2) is 24.3 Å². The van der Waals surface area contributed by atoms with Gasteiger partial charge in [0.25, 0.3) is 0 Å². The van der Waals surface area contributed by atoms with Gasteiger partial charge in [0.15, 0.2) is 0 Å². The topological polar surface area (TPSA) is 70.5 Å². The molecule has 2 unspecified atom stereocenters. The summed E-state index contributed by atoms with van der Waals surface area (Å²) >= 11 is 4.59. The molecule has 0 aliphatic carbocycles. The van der Waals surface area contributed by atoms with Crippen molar-refractivity contribution in [3.05, 3.63) is 53.7 Å². The Balaban J connectivity index is 0.000000283. The second-order valence-electron chi connectivity index (χ2n) is 7.19. The maximum atomic E-state index is 5.78. The van der Waals surface area contributed by atoms with Gasteiger partial charge in [-0.25, -0.2) is 0 Å². The van der Waals surface area contributed by atoms with Crippen molar-refractivity contribution in [2.75, 3.05) is 14.2 Å². The van der Waals surface area contributed by atoms with E-state index in [0.717, 1.165) is 33.5 Å². The van der Waals surface area contributed by atoms with Gasteiger partial charge in [-0.2, -0.15) is 0 Å². The first-order valence-corrected chi connectivity index (χ1v) is 11.4. The number of hydrogen-bond acceptors (Lipinski definition) is 4. The summed E-state index contributed by atoms with van der Waals surface area (Å²) in [4.78, 5) is 0. The van der Waals surface area contributed by atoms with Crippen LogP contribution < -0.4 is 20.9 Å². The smallest absolute Gasteiger partial charge is 0.132 e.